The van der Waals surface area contributed by atoms with Gasteiger partial charge in [-0.15, -0.1) is 11.6 Å². The molecule has 0 heterocycles. The number of nitrogens with one attached hydrogen (secondary N) is 1. The molecule has 0 fully saturated rings. The lowest BCUT2D eigenvalue weighted by molar-refractivity contribution is 0.0992. The number of hydrogen-bond acceptors (Lipinski definition) is 3. The van der Waals surface area contributed by atoms with E-state index in [-0.39, 0.29) is 6.61 Å². The van der Waals surface area contributed by atoms with Gasteiger partial charge in [-0.05, 0) is 24.3 Å². The van der Waals surface area contributed by atoms with Crippen LogP contribution in [-0.2, 0) is 0 Å². The number of nitrogens with zero attached hydrogens (tertiary/aromatic N) is 1. The van der Waals surface area contributed by atoms with Crippen molar-refractivity contribution in [2.24, 2.45) is 0 Å². The fourth-order valence-corrected chi connectivity index (χ4v) is 1.62. The molecule has 0 saturated heterocycles. The Labute approximate surface area is 99.6 Å². The SMILES string of the molecule is [NH]C(=O)c1ccc(N(CCO)CCCl)cc1. The van der Waals surface area contributed by atoms with Gasteiger partial charge in [0.15, 0.2) is 0 Å². The number of carbonyl (C=O) groups is 1. The van der Waals surface area contributed by atoms with E-state index in [0.29, 0.717) is 24.5 Å². The molecule has 0 spiro atoms. The Hall–Kier alpha value is -1.26. The van der Waals surface area contributed by atoms with E-state index in [2.05, 4.69) is 0 Å². The van der Waals surface area contributed by atoms with Crippen molar-refractivity contribution in [1.29, 1.82) is 0 Å². The second kappa shape index (κ2) is 6.35. The zero-order valence-corrected chi connectivity index (χ0v) is 9.57. The van der Waals surface area contributed by atoms with Crippen molar-refractivity contribution in [3.8, 4) is 0 Å². The van der Waals surface area contributed by atoms with E-state index in [1.807, 2.05) is 4.90 Å². The van der Waals surface area contributed by atoms with Gasteiger partial charge in [-0.1, -0.05) is 0 Å². The molecule has 0 bridgehead atoms. The normalized spacial score (nSPS) is 10.1. The zero-order valence-electron chi connectivity index (χ0n) is 8.82. The van der Waals surface area contributed by atoms with Crippen LogP contribution in [0.5, 0.6) is 0 Å². The highest BCUT2D eigenvalue weighted by Gasteiger charge is 2.06. The predicted molar refractivity (Wildman–Crippen MR) is 63.9 cm³/mol. The molecule has 0 aliphatic carbocycles. The minimum absolute atomic E-state index is 0.0516. The van der Waals surface area contributed by atoms with Gasteiger partial charge in [0.25, 0.3) is 5.91 Å². The molecule has 0 atom stereocenters. The van der Waals surface area contributed by atoms with Gasteiger partial charge in [0.2, 0.25) is 0 Å². The van der Waals surface area contributed by atoms with Gasteiger partial charge in [-0.3, -0.25) is 10.5 Å². The van der Waals surface area contributed by atoms with Crippen LogP contribution in [0.15, 0.2) is 24.3 Å². The van der Waals surface area contributed by atoms with Crippen molar-refractivity contribution in [2.75, 3.05) is 30.5 Å². The van der Waals surface area contributed by atoms with Gasteiger partial charge in [0.1, 0.15) is 0 Å². The van der Waals surface area contributed by atoms with Crippen LogP contribution >= 0.6 is 11.6 Å². The molecule has 4 nitrogen and oxygen atoms in total. The summed E-state index contributed by atoms with van der Waals surface area (Å²) in [6.45, 7) is 1.19. The minimum Gasteiger partial charge on any atom is -0.395 e. The molecule has 0 unspecified atom stereocenters. The van der Waals surface area contributed by atoms with Crippen LogP contribution in [-0.4, -0.2) is 36.6 Å². The summed E-state index contributed by atoms with van der Waals surface area (Å²) in [7, 11) is 0. The first-order chi connectivity index (χ1) is 7.69. The molecule has 0 aliphatic rings. The number of amides is 1. The quantitative estimate of drug-likeness (QED) is 0.760. The number of aliphatic hydroxyl groups excluding tert-OH is 1. The first-order valence-electron chi connectivity index (χ1n) is 4.97. The van der Waals surface area contributed by atoms with E-state index in [1.165, 1.54) is 0 Å². The van der Waals surface area contributed by atoms with Crippen LogP contribution in [0.3, 0.4) is 0 Å². The minimum atomic E-state index is -0.697. The van der Waals surface area contributed by atoms with Crippen LogP contribution in [0.2, 0.25) is 0 Å². The Morgan fingerprint density at radius 3 is 2.38 bits per heavy atom. The molecule has 1 radical (unpaired) electrons. The largest absolute Gasteiger partial charge is 0.395 e. The first kappa shape index (κ1) is 12.8. The molecule has 0 saturated carbocycles. The Morgan fingerprint density at radius 1 is 1.31 bits per heavy atom. The molecule has 0 aromatic heterocycles. The number of carbonyl (C=O) groups excluding carboxylic acids is 1. The lowest BCUT2D eigenvalue weighted by Crippen LogP contribution is -2.28. The van der Waals surface area contributed by atoms with Gasteiger partial charge in [-0.25, -0.2) is 0 Å². The van der Waals surface area contributed by atoms with E-state index in [0.717, 1.165) is 5.69 Å². The highest BCUT2D eigenvalue weighted by molar-refractivity contribution is 6.18. The van der Waals surface area contributed by atoms with Crippen LogP contribution in [0.1, 0.15) is 10.4 Å². The van der Waals surface area contributed by atoms with Crippen LogP contribution in [0, 0.1) is 0 Å². The van der Waals surface area contributed by atoms with Crippen molar-refractivity contribution in [3.05, 3.63) is 29.8 Å². The number of anilines is 1. The fraction of sp³-hybridized carbons (Fsp3) is 0.364. The summed E-state index contributed by atoms with van der Waals surface area (Å²) < 4.78 is 0. The van der Waals surface area contributed by atoms with Crippen molar-refractivity contribution in [3.63, 3.8) is 0 Å². The Kier molecular flexibility index (Phi) is 5.08. The molecule has 1 aromatic carbocycles. The summed E-state index contributed by atoms with van der Waals surface area (Å²) in [5.41, 5.74) is 8.19. The maximum Gasteiger partial charge on any atom is 0.269 e. The molecule has 16 heavy (non-hydrogen) atoms. The van der Waals surface area contributed by atoms with Gasteiger partial charge >= 0.3 is 0 Å². The molecule has 1 amide bonds. The number of alkyl halides is 1. The summed E-state index contributed by atoms with van der Waals surface area (Å²) in [5, 5.41) is 8.90. The standard InChI is InChI=1S/C11H14ClN2O2/c12-5-6-14(7-8-15)10-3-1-9(2-4-10)11(13)16/h1-4,13,15H,5-8H2. The fourth-order valence-electron chi connectivity index (χ4n) is 1.42. The first-order valence-corrected chi connectivity index (χ1v) is 5.50. The Bertz CT molecular complexity index is 334. The lowest BCUT2D eigenvalue weighted by Gasteiger charge is -2.22. The predicted octanol–water partition coefficient (Wildman–Crippen LogP) is 1.15. The van der Waals surface area contributed by atoms with Crippen LogP contribution in [0.4, 0.5) is 5.69 Å². The van der Waals surface area contributed by atoms with Crippen LogP contribution in [0.25, 0.3) is 0 Å². The molecular weight excluding hydrogens is 228 g/mol. The maximum absolute atomic E-state index is 10.8. The van der Waals surface area contributed by atoms with Gasteiger partial charge in [-0.2, -0.15) is 0 Å². The van der Waals surface area contributed by atoms with Gasteiger partial charge in [0, 0.05) is 30.2 Å². The van der Waals surface area contributed by atoms with Crippen molar-refractivity contribution in [1.82, 2.24) is 5.73 Å². The average molecular weight is 242 g/mol. The third kappa shape index (κ3) is 3.40. The third-order valence-corrected chi connectivity index (χ3v) is 2.39. The smallest absolute Gasteiger partial charge is 0.269 e. The number of aliphatic hydroxyl groups is 1. The van der Waals surface area contributed by atoms with Crippen molar-refractivity contribution < 1.29 is 9.90 Å². The second-order valence-corrected chi connectivity index (χ2v) is 3.65. The number of benzene rings is 1. The summed E-state index contributed by atoms with van der Waals surface area (Å²) in [4.78, 5) is 12.7. The Morgan fingerprint density at radius 2 is 1.94 bits per heavy atom. The summed E-state index contributed by atoms with van der Waals surface area (Å²) >= 11 is 5.66. The molecule has 5 heteroatoms. The van der Waals surface area contributed by atoms with Gasteiger partial charge in [0.05, 0.1) is 6.61 Å². The van der Waals surface area contributed by atoms with Crippen molar-refractivity contribution >= 4 is 23.2 Å². The highest BCUT2D eigenvalue weighted by atomic mass is 35.5. The molecule has 87 valence electrons. The number of hydrogen-bond donors (Lipinski definition) is 1. The summed E-state index contributed by atoms with van der Waals surface area (Å²) in [6, 6.07) is 6.71. The summed E-state index contributed by atoms with van der Waals surface area (Å²) in [6.07, 6.45) is 0. The average Bonchev–Trinajstić information content (AvgIpc) is 2.29. The van der Waals surface area contributed by atoms with E-state index in [1.54, 1.807) is 24.3 Å². The molecule has 2 N–H and O–H groups in total. The lowest BCUT2D eigenvalue weighted by atomic mass is 10.2. The van der Waals surface area contributed by atoms with E-state index in [9.17, 15) is 4.79 Å². The number of rotatable bonds is 6. The van der Waals surface area contributed by atoms with Crippen LogP contribution < -0.4 is 10.6 Å². The molecule has 1 rings (SSSR count). The third-order valence-electron chi connectivity index (χ3n) is 2.22. The highest BCUT2D eigenvalue weighted by Crippen LogP contribution is 2.15. The van der Waals surface area contributed by atoms with Gasteiger partial charge < -0.3 is 10.0 Å². The molecule has 1 aromatic rings. The van der Waals surface area contributed by atoms with Crippen molar-refractivity contribution in [2.45, 2.75) is 0 Å². The number of halogens is 1. The topological polar surface area (TPSA) is 64.3 Å². The monoisotopic (exact) mass is 241 g/mol. The van der Waals surface area contributed by atoms with E-state index in [4.69, 9.17) is 22.4 Å². The Balaban J connectivity index is 2.80. The molecular formula is C11H14ClN2O2. The van der Waals surface area contributed by atoms with E-state index < -0.39 is 5.91 Å². The van der Waals surface area contributed by atoms with E-state index >= 15 is 0 Å². The second-order valence-electron chi connectivity index (χ2n) is 3.28. The zero-order chi connectivity index (χ0) is 12.0. The maximum atomic E-state index is 10.8. The summed E-state index contributed by atoms with van der Waals surface area (Å²) in [5.74, 6) is -0.225. The molecule has 0 aliphatic heterocycles.